The Kier molecular flexibility index (Phi) is 4.17. The molecular weight excluding hydrogens is 262 g/mol. The van der Waals surface area contributed by atoms with Crippen LogP contribution in [-0.2, 0) is 11.2 Å². The SMILES string of the molecule is Cc1ccc(C(Cc2ccccc2Cl)C(=O)O)nc1. The van der Waals surface area contributed by atoms with E-state index in [4.69, 9.17) is 11.6 Å². The fourth-order valence-electron chi connectivity index (χ4n) is 1.89. The van der Waals surface area contributed by atoms with Crippen LogP contribution in [-0.4, -0.2) is 16.1 Å². The Morgan fingerprint density at radius 1 is 1.32 bits per heavy atom. The Morgan fingerprint density at radius 3 is 2.63 bits per heavy atom. The molecule has 3 nitrogen and oxygen atoms in total. The molecule has 0 amide bonds. The largest absolute Gasteiger partial charge is 0.481 e. The average Bonchev–Trinajstić information content (AvgIpc) is 2.39. The third-order valence-electron chi connectivity index (χ3n) is 2.97. The Bertz CT molecular complexity index is 581. The van der Waals surface area contributed by atoms with Gasteiger partial charge in [0.1, 0.15) is 5.92 Å². The highest BCUT2D eigenvalue weighted by atomic mass is 35.5. The van der Waals surface area contributed by atoms with E-state index in [-0.39, 0.29) is 0 Å². The van der Waals surface area contributed by atoms with Crippen LogP contribution in [0.1, 0.15) is 22.7 Å². The molecule has 2 rings (SSSR count). The molecule has 19 heavy (non-hydrogen) atoms. The van der Waals surface area contributed by atoms with Crippen molar-refractivity contribution in [1.82, 2.24) is 4.98 Å². The van der Waals surface area contributed by atoms with Crippen LogP contribution in [0.3, 0.4) is 0 Å². The van der Waals surface area contributed by atoms with Gasteiger partial charge in [-0.25, -0.2) is 0 Å². The number of pyridine rings is 1. The Hall–Kier alpha value is -1.87. The van der Waals surface area contributed by atoms with Gasteiger partial charge in [-0.1, -0.05) is 35.9 Å². The van der Waals surface area contributed by atoms with E-state index < -0.39 is 11.9 Å². The van der Waals surface area contributed by atoms with Crippen LogP contribution in [0.4, 0.5) is 0 Å². The lowest BCUT2D eigenvalue weighted by atomic mass is 9.95. The van der Waals surface area contributed by atoms with Gasteiger partial charge in [-0.15, -0.1) is 0 Å². The van der Waals surface area contributed by atoms with E-state index in [0.717, 1.165) is 11.1 Å². The van der Waals surface area contributed by atoms with Crippen molar-refractivity contribution in [2.24, 2.45) is 0 Å². The second-order valence-corrected chi connectivity index (χ2v) is 4.85. The summed E-state index contributed by atoms with van der Waals surface area (Å²) in [5, 5.41) is 9.95. The zero-order valence-electron chi connectivity index (χ0n) is 10.5. The third-order valence-corrected chi connectivity index (χ3v) is 3.34. The van der Waals surface area contributed by atoms with Gasteiger partial charge in [0.2, 0.25) is 0 Å². The van der Waals surface area contributed by atoms with Crippen molar-refractivity contribution >= 4 is 17.6 Å². The van der Waals surface area contributed by atoms with Gasteiger partial charge >= 0.3 is 5.97 Å². The highest BCUT2D eigenvalue weighted by Crippen LogP contribution is 2.24. The van der Waals surface area contributed by atoms with E-state index in [0.29, 0.717) is 17.1 Å². The van der Waals surface area contributed by atoms with Gasteiger partial charge in [0.15, 0.2) is 0 Å². The molecule has 0 aliphatic heterocycles. The molecule has 1 unspecified atom stereocenters. The summed E-state index contributed by atoms with van der Waals surface area (Å²) in [6, 6.07) is 10.9. The molecule has 4 heteroatoms. The molecule has 1 heterocycles. The molecule has 1 aromatic carbocycles. The average molecular weight is 276 g/mol. The van der Waals surface area contributed by atoms with E-state index in [1.807, 2.05) is 31.2 Å². The minimum absolute atomic E-state index is 0.338. The Balaban J connectivity index is 2.29. The maximum absolute atomic E-state index is 11.4. The van der Waals surface area contributed by atoms with Crippen molar-refractivity contribution in [3.63, 3.8) is 0 Å². The zero-order chi connectivity index (χ0) is 13.8. The summed E-state index contributed by atoms with van der Waals surface area (Å²) in [7, 11) is 0. The van der Waals surface area contributed by atoms with E-state index in [2.05, 4.69) is 4.98 Å². The summed E-state index contributed by atoms with van der Waals surface area (Å²) in [5.74, 6) is -1.57. The van der Waals surface area contributed by atoms with Crippen molar-refractivity contribution in [3.8, 4) is 0 Å². The molecule has 0 bridgehead atoms. The predicted molar refractivity (Wildman–Crippen MR) is 74.5 cm³/mol. The smallest absolute Gasteiger partial charge is 0.312 e. The van der Waals surface area contributed by atoms with Crippen LogP contribution in [0.25, 0.3) is 0 Å². The number of carbonyl (C=O) groups is 1. The first-order valence-corrected chi connectivity index (χ1v) is 6.34. The van der Waals surface area contributed by atoms with Crippen LogP contribution in [0.5, 0.6) is 0 Å². The van der Waals surface area contributed by atoms with Gasteiger partial charge in [0, 0.05) is 11.2 Å². The molecule has 2 aromatic rings. The molecular formula is C15H14ClNO2. The number of halogens is 1. The maximum atomic E-state index is 11.4. The number of nitrogens with zero attached hydrogens (tertiary/aromatic N) is 1. The molecule has 0 aliphatic carbocycles. The van der Waals surface area contributed by atoms with Crippen LogP contribution in [0.2, 0.25) is 5.02 Å². The first-order valence-electron chi connectivity index (χ1n) is 5.96. The van der Waals surface area contributed by atoms with Crippen molar-refractivity contribution in [2.75, 3.05) is 0 Å². The van der Waals surface area contributed by atoms with Gasteiger partial charge in [-0.05, 0) is 36.6 Å². The summed E-state index contributed by atoms with van der Waals surface area (Å²) in [6.07, 6.45) is 2.02. The molecule has 0 saturated carbocycles. The molecule has 98 valence electrons. The van der Waals surface area contributed by atoms with Crippen molar-refractivity contribution in [2.45, 2.75) is 19.3 Å². The second-order valence-electron chi connectivity index (χ2n) is 4.45. The Labute approximate surface area is 116 Å². The Morgan fingerprint density at radius 2 is 2.05 bits per heavy atom. The molecule has 0 fully saturated rings. The summed E-state index contributed by atoms with van der Waals surface area (Å²) >= 11 is 6.07. The lowest BCUT2D eigenvalue weighted by Gasteiger charge is -2.13. The number of aryl methyl sites for hydroxylation is 1. The van der Waals surface area contributed by atoms with Gasteiger partial charge in [-0.3, -0.25) is 9.78 Å². The van der Waals surface area contributed by atoms with Gasteiger partial charge in [-0.2, -0.15) is 0 Å². The van der Waals surface area contributed by atoms with Crippen molar-refractivity contribution < 1.29 is 9.90 Å². The highest BCUT2D eigenvalue weighted by molar-refractivity contribution is 6.31. The molecule has 1 N–H and O–H groups in total. The molecule has 0 radical (unpaired) electrons. The molecule has 1 aromatic heterocycles. The number of carboxylic acids is 1. The predicted octanol–water partition coefficient (Wildman–Crippen LogP) is 3.45. The topological polar surface area (TPSA) is 50.2 Å². The normalized spacial score (nSPS) is 12.1. The highest BCUT2D eigenvalue weighted by Gasteiger charge is 2.22. The lowest BCUT2D eigenvalue weighted by molar-refractivity contribution is -0.138. The van der Waals surface area contributed by atoms with Crippen LogP contribution in [0.15, 0.2) is 42.6 Å². The van der Waals surface area contributed by atoms with E-state index >= 15 is 0 Å². The fraction of sp³-hybridized carbons (Fsp3) is 0.200. The van der Waals surface area contributed by atoms with Gasteiger partial charge in [0.25, 0.3) is 0 Å². The third kappa shape index (κ3) is 3.32. The lowest BCUT2D eigenvalue weighted by Crippen LogP contribution is -2.16. The first kappa shape index (κ1) is 13.6. The standard InChI is InChI=1S/C15H14ClNO2/c1-10-6-7-14(17-9-10)12(15(18)19)8-11-4-2-3-5-13(11)16/h2-7,9,12H,8H2,1H3,(H,18,19). The fourth-order valence-corrected chi connectivity index (χ4v) is 2.10. The van der Waals surface area contributed by atoms with E-state index in [1.54, 1.807) is 18.3 Å². The minimum Gasteiger partial charge on any atom is -0.481 e. The molecule has 0 saturated heterocycles. The number of rotatable bonds is 4. The van der Waals surface area contributed by atoms with Crippen molar-refractivity contribution in [3.05, 3.63) is 64.4 Å². The van der Waals surface area contributed by atoms with E-state index in [1.165, 1.54) is 0 Å². The minimum atomic E-state index is -0.892. The molecule has 1 atom stereocenters. The summed E-state index contributed by atoms with van der Waals surface area (Å²) in [6.45, 7) is 1.92. The number of aromatic nitrogens is 1. The second kappa shape index (κ2) is 5.85. The van der Waals surface area contributed by atoms with E-state index in [9.17, 15) is 9.90 Å². The van der Waals surface area contributed by atoms with Gasteiger partial charge < -0.3 is 5.11 Å². The van der Waals surface area contributed by atoms with Crippen LogP contribution >= 0.6 is 11.6 Å². The first-order chi connectivity index (χ1) is 9.08. The summed E-state index contributed by atoms with van der Waals surface area (Å²) in [5.41, 5.74) is 2.38. The summed E-state index contributed by atoms with van der Waals surface area (Å²) < 4.78 is 0. The number of benzene rings is 1. The number of carboxylic acid groups (broad SMARTS) is 1. The molecule has 0 spiro atoms. The molecule has 0 aliphatic rings. The van der Waals surface area contributed by atoms with Crippen LogP contribution in [0, 0.1) is 6.92 Å². The number of hydrogen-bond donors (Lipinski definition) is 1. The summed E-state index contributed by atoms with van der Waals surface area (Å²) in [4.78, 5) is 15.6. The van der Waals surface area contributed by atoms with Gasteiger partial charge in [0.05, 0.1) is 5.69 Å². The maximum Gasteiger partial charge on any atom is 0.312 e. The zero-order valence-corrected chi connectivity index (χ0v) is 11.3. The van der Waals surface area contributed by atoms with Crippen molar-refractivity contribution in [1.29, 1.82) is 0 Å². The quantitative estimate of drug-likeness (QED) is 0.930. The van der Waals surface area contributed by atoms with Crippen LogP contribution < -0.4 is 0 Å². The number of hydrogen-bond acceptors (Lipinski definition) is 2. The number of aliphatic carboxylic acids is 1. The monoisotopic (exact) mass is 275 g/mol.